The summed E-state index contributed by atoms with van der Waals surface area (Å²) in [5.41, 5.74) is 6.27. The van der Waals surface area contributed by atoms with Gasteiger partial charge in [0.2, 0.25) is 0 Å². The third-order valence-corrected chi connectivity index (χ3v) is 9.08. The molecule has 7 nitrogen and oxygen atoms in total. The van der Waals surface area contributed by atoms with Crippen LogP contribution < -0.4 is 0 Å². The summed E-state index contributed by atoms with van der Waals surface area (Å²) in [7, 11) is 0. The van der Waals surface area contributed by atoms with Gasteiger partial charge in [-0.2, -0.15) is 0 Å². The maximum atomic E-state index is 14.8. The summed E-state index contributed by atoms with van der Waals surface area (Å²) in [6, 6.07) is 33.7. The molecule has 2 aliphatic rings. The number of carbonyl (C=O) groups excluding carboxylic acids is 1. The Labute approximate surface area is 270 Å². The summed E-state index contributed by atoms with van der Waals surface area (Å²) in [6.45, 7) is 0.291. The van der Waals surface area contributed by atoms with Crippen LogP contribution in [0.15, 0.2) is 133 Å². The Kier molecular flexibility index (Phi) is 9.76. The first-order chi connectivity index (χ1) is 22.4. The average Bonchev–Trinajstić information content (AvgIpc) is 3.17. The molecule has 1 aliphatic heterocycles. The van der Waals surface area contributed by atoms with Gasteiger partial charge < -0.3 is 25.3 Å². The van der Waals surface area contributed by atoms with Crippen molar-refractivity contribution in [2.45, 2.75) is 57.4 Å². The van der Waals surface area contributed by atoms with E-state index in [0.717, 1.165) is 33.4 Å². The van der Waals surface area contributed by atoms with Crippen molar-refractivity contribution in [2.24, 2.45) is 5.92 Å². The monoisotopic (exact) mass is 616 g/mol. The van der Waals surface area contributed by atoms with Gasteiger partial charge in [-0.3, -0.25) is 4.90 Å². The Morgan fingerprint density at radius 3 is 1.61 bits per heavy atom. The van der Waals surface area contributed by atoms with Crippen molar-refractivity contribution in [3.05, 3.63) is 166 Å². The van der Waals surface area contributed by atoms with Gasteiger partial charge in [-0.1, -0.05) is 115 Å². The normalized spacial score (nSPS) is 21.3. The lowest BCUT2D eigenvalue weighted by Gasteiger charge is -2.36. The first kappa shape index (κ1) is 31.5. The number of hydrogen-bond donors (Lipinski definition) is 4. The number of urea groups is 1. The van der Waals surface area contributed by atoms with Gasteiger partial charge in [0.05, 0.1) is 31.9 Å². The average molecular weight is 617 g/mol. The van der Waals surface area contributed by atoms with E-state index in [1.807, 2.05) is 121 Å². The Bertz CT molecular complexity index is 1670. The van der Waals surface area contributed by atoms with Crippen LogP contribution in [0.4, 0.5) is 4.79 Å². The molecule has 7 heteroatoms. The quantitative estimate of drug-likeness (QED) is 0.198. The third kappa shape index (κ3) is 6.83. The maximum Gasteiger partial charge on any atom is 0.325 e. The van der Waals surface area contributed by atoms with Gasteiger partial charge in [-0.05, 0) is 52.3 Å². The molecule has 0 radical (unpaired) electrons. The molecule has 0 saturated heterocycles. The van der Waals surface area contributed by atoms with Crippen LogP contribution in [-0.2, 0) is 39.1 Å². The van der Waals surface area contributed by atoms with Crippen LogP contribution in [0.25, 0.3) is 0 Å². The Morgan fingerprint density at radius 2 is 1.07 bits per heavy atom. The highest BCUT2D eigenvalue weighted by atomic mass is 16.3. The molecule has 46 heavy (non-hydrogen) atoms. The molecule has 4 aromatic rings. The van der Waals surface area contributed by atoms with Crippen molar-refractivity contribution in [3.63, 3.8) is 0 Å². The van der Waals surface area contributed by atoms with Crippen molar-refractivity contribution in [2.75, 3.05) is 0 Å². The van der Waals surface area contributed by atoms with Gasteiger partial charge >= 0.3 is 6.03 Å². The van der Waals surface area contributed by atoms with E-state index in [0.29, 0.717) is 24.1 Å². The van der Waals surface area contributed by atoms with E-state index < -0.39 is 18.2 Å². The first-order valence-electron chi connectivity index (χ1n) is 15.8. The first-order valence-corrected chi connectivity index (χ1v) is 15.8. The minimum atomic E-state index is -1.14. The fourth-order valence-electron chi connectivity index (χ4n) is 6.51. The zero-order chi connectivity index (χ0) is 32.0. The van der Waals surface area contributed by atoms with Gasteiger partial charge in [0.25, 0.3) is 0 Å². The highest BCUT2D eigenvalue weighted by molar-refractivity contribution is 5.79. The topological polar surface area (TPSA) is 104 Å². The second-order valence-electron chi connectivity index (χ2n) is 12.1. The van der Waals surface area contributed by atoms with Crippen LogP contribution >= 0.6 is 0 Å². The van der Waals surface area contributed by atoms with E-state index in [2.05, 4.69) is 0 Å². The van der Waals surface area contributed by atoms with Gasteiger partial charge in [-0.15, -0.1) is 0 Å². The molecule has 6 rings (SSSR count). The van der Waals surface area contributed by atoms with Crippen molar-refractivity contribution in [1.29, 1.82) is 0 Å². The minimum absolute atomic E-state index is 0.0772. The van der Waals surface area contributed by atoms with E-state index in [1.54, 1.807) is 9.80 Å². The van der Waals surface area contributed by atoms with E-state index in [9.17, 15) is 25.2 Å². The maximum absolute atomic E-state index is 14.8. The molecule has 1 heterocycles. The molecule has 0 spiro atoms. The van der Waals surface area contributed by atoms with Gasteiger partial charge in [0.1, 0.15) is 6.10 Å². The summed E-state index contributed by atoms with van der Waals surface area (Å²) in [6.07, 6.45) is 2.66. The summed E-state index contributed by atoms with van der Waals surface area (Å²) in [5.74, 6) is -0.286. The molecule has 236 valence electrons. The Morgan fingerprint density at radius 1 is 0.565 bits per heavy atom. The van der Waals surface area contributed by atoms with Crippen LogP contribution in [-0.4, -0.2) is 54.5 Å². The summed E-state index contributed by atoms with van der Waals surface area (Å²) in [5, 5.41) is 43.5. The third-order valence-electron chi connectivity index (χ3n) is 9.08. The van der Waals surface area contributed by atoms with E-state index in [-0.39, 0.29) is 38.3 Å². The molecule has 4 N–H and O–H groups in total. The largest absolute Gasteiger partial charge is 0.392 e. The van der Waals surface area contributed by atoms with E-state index in [1.165, 1.54) is 0 Å². The van der Waals surface area contributed by atoms with Gasteiger partial charge in [-0.25, -0.2) is 4.79 Å². The highest BCUT2D eigenvalue weighted by Crippen LogP contribution is 2.38. The SMILES string of the molecule is O=C1N(Cc2ccc(CO)cc2)C2=C(C(O)C(Cc3ccccc3)C=C2)C(O)C(Cc2ccccc2)N1Cc1ccc(CO)cc1. The molecule has 1 aliphatic carbocycles. The van der Waals surface area contributed by atoms with Gasteiger partial charge in [0, 0.05) is 23.7 Å². The fraction of sp³-hybridized carbons (Fsp3) is 0.256. The number of hydrogen-bond acceptors (Lipinski definition) is 5. The number of benzene rings is 4. The lowest BCUT2D eigenvalue weighted by atomic mass is 9.80. The summed E-state index contributed by atoms with van der Waals surface area (Å²) in [4.78, 5) is 18.2. The predicted molar refractivity (Wildman–Crippen MR) is 177 cm³/mol. The zero-order valence-corrected chi connectivity index (χ0v) is 25.7. The number of nitrogens with zero attached hydrogens (tertiary/aromatic N) is 2. The van der Waals surface area contributed by atoms with Crippen molar-refractivity contribution in [3.8, 4) is 0 Å². The predicted octanol–water partition coefficient (Wildman–Crippen LogP) is 5.12. The van der Waals surface area contributed by atoms with Crippen LogP contribution in [0.3, 0.4) is 0 Å². The molecular weight excluding hydrogens is 576 g/mol. The van der Waals surface area contributed by atoms with Crippen molar-refractivity contribution < 1.29 is 25.2 Å². The van der Waals surface area contributed by atoms with Crippen molar-refractivity contribution in [1.82, 2.24) is 9.80 Å². The van der Waals surface area contributed by atoms with Crippen LogP contribution in [0.1, 0.15) is 33.4 Å². The van der Waals surface area contributed by atoms with Gasteiger partial charge in [0.15, 0.2) is 0 Å². The number of aliphatic hydroxyl groups excluding tert-OH is 4. The number of rotatable bonds is 10. The van der Waals surface area contributed by atoms with Crippen LogP contribution in [0.5, 0.6) is 0 Å². The molecule has 2 amide bonds. The molecule has 4 unspecified atom stereocenters. The van der Waals surface area contributed by atoms with Crippen molar-refractivity contribution >= 4 is 6.03 Å². The molecule has 0 fully saturated rings. The standard InChI is InChI=1S/C39H40N2O5/c42-25-31-15-11-29(12-16-31)23-40-34-20-19-33(21-27-7-3-1-4-8-27)37(44)36(34)38(45)35(22-28-9-5-2-6-10-28)41(39(40)46)24-30-13-17-32(26-43)18-14-30/h1-20,33,35,37-38,42-45H,21-26H2. The summed E-state index contributed by atoms with van der Waals surface area (Å²) >= 11 is 0. The van der Waals surface area contributed by atoms with Crippen LogP contribution in [0.2, 0.25) is 0 Å². The van der Waals surface area contributed by atoms with Crippen LogP contribution in [0, 0.1) is 5.92 Å². The number of carbonyl (C=O) groups is 1. The zero-order valence-electron chi connectivity index (χ0n) is 25.7. The lowest BCUT2D eigenvalue weighted by Crippen LogP contribution is -2.50. The minimum Gasteiger partial charge on any atom is -0.392 e. The Balaban J connectivity index is 1.43. The number of aliphatic hydroxyl groups is 4. The summed E-state index contributed by atoms with van der Waals surface area (Å²) < 4.78 is 0. The second-order valence-corrected chi connectivity index (χ2v) is 12.1. The molecule has 4 atom stereocenters. The Hall–Kier alpha value is -4.53. The van der Waals surface area contributed by atoms with E-state index >= 15 is 0 Å². The lowest BCUT2D eigenvalue weighted by molar-refractivity contribution is 0.0583. The highest BCUT2D eigenvalue weighted by Gasteiger charge is 2.44. The number of amides is 2. The fourth-order valence-corrected chi connectivity index (χ4v) is 6.51. The second kappa shape index (κ2) is 14.3. The molecule has 0 aromatic heterocycles. The number of allylic oxidation sites excluding steroid dienone is 1. The molecule has 0 bridgehead atoms. The van der Waals surface area contributed by atoms with E-state index in [4.69, 9.17) is 0 Å². The molecule has 4 aromatic carbocycles. The smallest absolute Gasteiger partial charge is 0.325 e. The molecule has 0 saturated carbocycles. The molecular formula is C39H40N2O5.